The quantitative estimate of drug-likeness (QED) is 0.635. The predicted octanol–water partition coefficient (Wildman–Crippen LogP) is 3.18. The molecule has 148 valence electrons. The zero-order chi connectivity index (χ0) is 18.2. The Morgan fingerprint density at radius 3 is 1.27 bits per heavy atom. The number of hydrogen-bond acceptors (Lipinski definition) is 3. The Hall–Kier alpha value is -1.10. The summed E-state index contributed by atoms with van der Waals surface area (Å²) in [5, 5.41) is 9.74. The highest BCUT2D eigenvalue weighted by Gasteiger charge is 2.32. The van der Waals surface area contributed by atoms with Crippen molar-refractivity contribution in [2.45, 2.75) is 120 Å². The van der Waals surface area contributed by atoms with Crippen LogP contribution in [0.5, 0.6) is 0 Å². The van der Waals surface area contributed by atoms with Crippen molar-refractivity contribution in [3.63, 3.8) is 0 Å². The van der Waals surface area contributed by atoms with E-state index in [2.05, 4.69) is 16.0 Å². The van der Waals surface area contributed by atoms with Gasteiger partial charge in [-0.2, -0.15) is 0 Å². The molecule has 0 aromatic heterocycles. The topological polar surface area (TPSA) is 70.2 Å². The first-order valence-corrected chi connectivity index (χ1v) is 11.1. The fourth-order valence-corrected chi connectivity index (χ4v) is 4.84. The molecule has 3 saturated carbocycles. The van der Waals surface area contributed by atoms with E-state index < -0.39 is 6.04 Å². The second-order valence-electron chi connectivity index (χ2n) is 8.62. The molecule has 0 bridgehead atoms. The molecule has 0 saturated heterocycles. The zero-order valence-electron chi connectivity index (χ0n) is 16.2. The summed E-state index contributed by atoms with van der Waals surface area (Å²) in [5.74, 6) is -0.230. The molecule has 0 unspecified atom stereocenters. The maximum atomic E-state index is 12.9. The lowest BCUT2D eigenvalue weighted by molar-refractivity contribution is -0.133. The minimum absolute atomic E-state index is 0.115. The van der Waals surface area contributed by atoms with Gasteiger partial charge >= 0.3 is 0 Å². The van der Waals surface area contributed by atoms with E-state index >= 15 is 0 Å². The first-order valence-electron chi connectivity index (χ1n) is 11.1. The van der Waals surface area contributed by atoms with Crippen molar-refractivity contribution in [1.29, 1.82) is 0 Å². The molecule has 5 nitrogen and oxygen atoms in total. The van der Waals surface area contributed by atoms with Crippen molar-refractivity contribution >= 4 is 11.8 Å². The van der Waals surface area contributed by atoms with E-state index in [0.29, 0.717) is 6.04 Å². The van der Waals surface area contributed by atoms with Crippen molar-refractivity contribution in [1.82, 2.24) is 16.0 Å². The molecule has 0 atom stereocenters. The summed E-state index contributed by atoms with van der Waals surface area (Å²) < 4.78 is 0. The van der Waals surface area contributed by atoms with Gasteiger partial charge in [-0.15, -0.1) is 0 Å². The van der Waals surface area contributed by atoms with E-state index in [1.807, 2.05) is 0 Å². The van der Waals surface area contributed by atoms with Crippen LogP contribution < -0.4 is 16.0 Å². The van der Waals surface area contributed by atoms with E-state index in [0.717, 1.165) is 38.5 Å². The van der Waals surface area contributed by atoms with Crippen LogP contribution in [0, 0.1) is 0 Å². The van der Waals surface area contributed by atoms with Gasteiger partial charge in [0, 0.05) is 18.1 Å². The van der Waals surface area contributed by atoms with Gasteiger partial charge in [-0.05, 0) is 38.5 Å². The van der Waals surface area contributed by atoms with Gasteiger partial charge in [0.2, 0.25) is 11.8 Å². The van der Waals surface area contributed by atoms with Gasteiger partial charge in [0.1, 0.15) is 0 Å². The third-order valence-corrected chi connectivity index (χ3v) is 6.44. The van der Waals surface area contributed by atoms with Crippen molar-refractivity contribution in [3.05, 3.63) is 0 Å². The van der Waals surface area contributed by atoms with Crippen LogP contribution >= 0.6 is 0 Å². The molecule has 0 heterocycles. The van der Waals surface area contributed by atoms with Crippen molar-refractivity contribution in [2.75, 3.05) is 0 Å². The smallest absolute Gasteiger partial charge is 0.247 e. The Kier molecular flexibility index (Phi) is 7.78. The van der Waals surface area contributed by atoms with E-state index in [1.54, 1.807) is 0 Å². The molecule has 26 heavy (non-hydrogen) atoms. The number of carbonyl (C=O) groups is 2. The number of amides is 2. The largest absolute Gasteiger partial charge is 0.352 e. The minimum atomic E-state index is -0.734. The molecule has 3 N–H and O–H groups in total. The van der Waals surface area contributed by atoms with Crippen LogP contribution in [0.25, 0.3) is 0 Å². The van der Waals surface area contributed by atoms with Gasteiger partial charge in [-0.25, -0.2) is 0 Å². The summed E-state index contributed by atoms with van der Waals surface area (Å²) in [7, 11) is 0. The number of hydrogen-bond donors (Lipinski definition) is 3. The Morgan fingerprint density at radius 1 is 0.538 bits per heavy atom. The average molecular weight is 364 g/mol. The molecular weight excluding hydrogens is 326 g/mol. The van der Waals surface area contributed by atoms with Crippen LogP contribution in [0.4, 0.5) is 0 Å². The second-order valence-corrected chi connectivity index (χ2v) is 8.62. The highest BCUT2D eigenvalue weighted by Crippen LogP contribution is 2.20. The van der Waals surface area contributed by atoms with Crippen LogP contribution in [0.1, 0.15) is 96.3 Å². The van der Waals surface area contributed by atoms with Crippen LogP contribution in [0.3, 0.4) is 0 Å². The summed E-state index contributed by atoms with van der Waals surface area (Å²) in [6, 6.07) is 0.0497. The van der Waals surface area contributed by atoms with Gasteiger partial charge in [0.05, 0.1) is 0 Å². The van der Waals surface area contributed by atoms with Gasteiger partial charge in [-0.3, -0.25) is 14.9 Å². The van der Waals surface area contributed by atoms with Crippen LogP contribution in [0.15, 0.2) is 0 Å². The molecule has 0 aromatic rings. The first kappa shape index (κ1) is 19.7. The maximum absolute atomic E-state index is 12.9. The molecule has 0 radical (unpaired) electrons. The molecule has 0 aliphatic heterocycles. The molecule has 3 fully saturated rings. The van der Waals surface area contributed by atoms with E-state index in [4.69, 9.17) is 0 Å². The lowest BCUT2D eigenvalue weighted by Crippen LogP contribution is -2.59. The lowest BCUT2D eigenvalue weighted by atomic mass is 9.93. The Bertz CT molecular complexity index is 418. The van der Waals surface area contributed by atoms with Crippen molar-refractivity contribution in [3.8, 4) is 0 Å². The summed E-state index contributed by atoms with van der Waals surface area (Å²) in [4.78, 5) is 25.9. The van der Waals surface area contributed by atoms with Crippen molar-refractivity contribution < 1.29 is 9.59 Å². The van der Waals surface area contributed by atoms with Crippen LogP contribution in [0.2, 0.25) is 0 Å². The van der Waals surface area contributed by atoms with Crippen LogP contribution in [-0.4, -0.2) is 36.0 Å². The lowest BCUT2D eigenvalue weighted by Gasteiger charge is -2.31. The summed E-state index contributed by atoms with van der Waals surface area (Å²) in [6.45, 7) is 0. The summed E-state index contributed by atoms with van der Waals surface area (Å²) >= 11 is 0. The molecule has 5 heteroatoms. The maximum Gasteiger partial charge on any atom is 0.247 e. The number of rotatable bonds is 6. The molecule has 3 aliphatic rings. The standard InChI is InChI=1S/C21H37N3O2/c25-20(23-17-12-6-2-7-13-17)19(22-16-10-4-1-5-11-16)21(26)24-18-14-8-3-9-15-18/h16-19,22H,1-15H2,(H,23,25)(H,24,26). The second kappa shape index (κ2) is 10.3. The monoisotopic (exact) mass is 363 g/mol. The predicted molar refractivity (Wildman–Crippen MR) is 104 cm³/mol. The van der Waals surface area contributed by atoms with Crippen LogP contribution in [-0.2, 0) is 9.59 Å². The molecule has 0 aromatic carbocycles. The summed E-state index contributed by atoms with van der Waals surface area (Å²) in [6.07, 6.45) is 17.2. The third kappa shape index (κ3) is 5.97. The van der Waals surface area contributed by atoms with Crippen molar-refractivity contribution in [2.24, 2.45) is 0 Å². The van der Waals surface area contributed by atoms with E-state index in [-0.39, 0.29) is 23.9 Å². The normalized spacial score (nSPS) is 23.7. The van der Waals surface area contributed by atoms with Gasteiger partial charge in [-0.1, -0.05) is 57.8 Å². The fraction of sp³-hybridized carbons (Fsp3) is 0.905. The zero-order valence-corrected chi connectivity index (χ0v) is 16.2. The van der Waals surface area contributed by atoms with Gasteiger partial charge < -0.3 is 10.6 Å². The summed E-state index contributed by atoms with van der Waals surface area (Å²) in [5.41, 5.74) is 0. The molecule has 3 rings (SSSR count). The highest BCUT2D eigenvalue weighted by atomic mass is 16.2. The number of carbonyl (C=O) groups excluding carboxylic acids is 2. The average Bonchev–Trinajstić information content (AvgIpc) is 2.68. The van der Waals surface area contributed by atoms with Gasteiger partial charge in [0.25, 0.3) is 0 Å². The minimum Gasteiger partial charge on any atom is -0.352 e. The molecule has 2 amide bonds. The Balaban J connectivity index is 1.59. The van der Waals surface area contributed by atoms with E-state index in [1.165, 1.54) is 57.8 Å². The third-order valence-electron chi connectivity index (χ3n) is 6.44. The molecule has 3 aliphatic carbocycles. The highest BCUT2D eigenvalue weighted by molar-refractivity contribution is 6.04. The Labute approximate surface area is 158 Å². The number of nitrogens with one attached hydrogen (secondary N) is 3. The molecular formula is C21H37N3O2. The SMILES string of the molecule is O=C(NC1CCCCC1)C(NC1CCCCC1)C(=O)NC1CCCCC1. The Morgan fingerprint density at radius 2 is 0.885 bits per heavy atom. The van der Waals surface area contributed by atoms with Gasteiger partial charge in [0.15, 0.2) is 6.04 Å². The molecule has 0 spiro atoms. The fourth-order valence-electron chi connectivity index (χ4n) is 4.84. The van der Waals surface area contributed by atoms with E-state index in [9.17, 15) is 9.59 Å². The first-order chi connectivity index (χ1) is 12.7.